The number of nitrogens with one attached hydrogen (secondary N) is 1. The summed E-state index contributed by atoms with van der Waals surface area (Å²) >= 11 is 0. The molecule has 0 saturated carbocycles. The van der Waals surface area contributed by atoms with Gasteiger partial charge in [0.2, 0.25) is 0 Å². The van der Waals surface area contributed by atoms with Crippen molar-refractivity contribution < 1.29 is 0 Å². The lowest BCUT2D eigenvalue weighted by molar-refractivity contribution is 0.160. The second-order valence-corrected chi connectivity index (χ2v) is 8.21. The Morgan fingerprint density at radius 2 is 1.83 bits per heavy atom. The van der Waals surface area contributed by atoms with Crippen molar-refractivity contribution in [2.45, 2.75) is 57.7 Å². The molecular formula is C18H28N6. The molecule has 0 aliphatic carbocycles. The molecular weight excluding hydrogens is 300 g/mol. The van der Waals surface area contributed by atoms with Crippen LogP contribution in [0.4, 0.5) is 5.82 Å². The monoisotopic (exact) mass is 328 g/mol. The molecule has 6 heteroatoms. The molecule has 6 nitrogen and oxygen atoms in total. The first-order valence-corrected chi connectivity index (χ1v) is 8.51. The molecule has 2 aromatic heterocycles. The third kappa shape index (κ3) is 3.43. The first kappa shape index (κ1) is 16.9. The summed E-state index contributed by atoms with van der Waals surface area (Å²) in [6, 6.07) is 4.42. The SMILES string of the molecule is CN(c1nnccc1-c1ccn(C)n1)C1CC(C)(C)NC(C)(C)C1. The summed E-state index contributed by atoms with van der Waals surface area (Å²) in [5.41, 5.74) is 2.14. The zero-order valence-electron chi connectivity index (χ0n) is 15.5. The quantitative estimate of drug-likeness (QED) is 0.938. The first-order valence-electron chi connectivity index (χ1n) is 8.51. The molecule has 0 amide bonds. The van der Waals surface area contributed by atoms with Crippen LogP contribution in [0.2, 0.25) is 0 Å². The Balaban J connectivity index is 1.94. The molecule has 130 valence electrons. The lowest BCUT2D eigenvalue weighted by Crippen LogP contribution is -2.62. The van der Waals surface area contributed by atoms with Gasteiger partial charge in [0.15, 0.2) is 5.82 Å². The van der Waals surface area contributed by atoms with E-state index in [9.17, 15) is 0 Å². The van der Waals surface area contributed by atoms with E-state index in [0.717, 1.165) is 29.9 Å². The fourth-order valence-electron chi connectivity index (χ4n) is 4.06. The molecule has 0 aromatic carbocycles. The number of piperidine rings is 1. The summed E-state index contributed by atoms with van der Waals surface area (Å²) in [4.78, 5) is 2.28. The fraction of sp³-hybridized carbons (Fsp3) is 0.611. The topological polar surface area (TPSA) is 58.9 Å². The Morgan fingerprint density at radius 3 is 2.42 bits per heavy atom. The number of anilines is 1. The van der Waals surface area contributed by atoms with Gasteiger partial charge in [-0.25, -0.2) is 0 Å². The smallest absolute Gasteiger partial charge is 0.160 e. The fourth-order valence-corrected chi connectivity index (χ4v) is 4.06. The Hall–Kier alpha value is -1.95. The highest BCUT2D eigenvalue weighted by atomic mass is 15.3. The number of aromatic nitrogens is 4. The van der Waals surface area contributed by atoms with Crippen LogP contribution >= 0.6 is 0 Å². The van der Waals surface area contributed by atoms with Crippen molar-refractivity contribution in [3.05, 3.63) is 24.5 Å². The number of nitrogens with zero attached hydrogens (tertiary/aromatic N) is 5. The minimum Gasteiger partial charge on any atom is -0.355 e. The number of aryl methyl sites for hydroxylation is 1. The minimum absolute atomic E-state index is 0.0913. The van der Waals surface area contributed by atoms with Gasteiger partial charge in [-0.3, -0.25) is 4.68 Å². The normalized spacial score (nSPS) is 20.1. The van der Waals surface area contributed by atoms with Crippen LogP contribution in [0.15, 0.2) is 24.5 Å². The van der Waals surface area contributed by atoms with Crippen LogP contribution in [0.5, 0.6) is 0 Å². The molecule has 3 heterocycles. The van der Waals surface area contributed by atoms with Gasteiger partial charge >= 0.3 is 0 Å². The van der Waals surface area contributed by atoms with Crippen molar-refractivity contribution in [1.82, 2.24) is 25.3 Å². The zero-order valence-corrected chi connectivity index (χ0v) is 15.5. The van der Waals surface area contributed by atoms with Crippen LogP contribution in [0.25, 0.3) is 11.3 Å². The van der Waals surface area contributed by atoms with E-state index in [1.165, 1.54) is 0 Å². The van der Waals surface area contributed by atoms with Crippen LogP contribution in [0.1, 0.15) is 40.5 Å². The second kappa shape index (κ2) is 5.84. The molecule has 1 saturated heterocycles. The van der Waals surface area contributed by atoms with Crippen molar-refractivity contribution in [2.75, 3.05) is 11.9 Å². The molecule has 0 unspecified atom stereocenters. The molecule has 3 rings (SSSR count). The average Bonchev–Trinajstić information content (AvgIpc) is 2.90. The molecule has 1 N–H and O–H groups in total. The molecule has 0 atom stereocenters. The zero-order chi connectivity index (χ0) is 17.5. The summed E-state index contributed by atoms with van der Waals surface area (Å²) in [6.07, 6.45) is 5.81. The van der Waals surface area contributed by atoms with Gasteiger partial charge < -0.3 is 10.2 Å². The average molecular weight is 328 g/mol. The van der Waals surface area contributed by atoms with E-state index >= 15 is 0 Å². The lowest BCUT2D eigenvalue weighted by Gasteiger charge is -2.49. The molecule has 0 spiro atoms. The summed E-state index contributed by atoms with van der Waals surface area (Å²) < 4.78 is 1.82. The van der Waals surface area contributed by atoms with E-state index in [1.54, 1.807) is 6.20 Å². The maximum Gasteiger partial charge on any atom is 0.160 e. The molecule has 0 radical (unpaired) electrons. The molecule has 1 fully saturated rings. The van der Waals surface area contributed by atoms with Crippen LogP contribution in [0.3, 0.4) is 0 Å². The third-order valence-electron chi connectivity index (χ3n) is 4.74. The highest BCUT2D eigenvalue weighted by molar-refractivity contribution is 5.72. The van der Waals surface area contributed by atoms with E-state index in [0.29, 0.717) is 6.04 Å². The predicted molar refractivity (Wildman–Crippen MR) is 97.0 cm³/mol. The maximum atomic E-state index is 4.54. The molecule has 1 aliphatic rings. The number of hydrogen-bond acceptors (Lipinski definition) is 5. The van der Waals surface area contributed by atoms with Gasteiger partial charge in [-0.05, 0) is 52.7 Å². The van der Waals surface area contributed by atoms with Gasteiger partial charge in [0.1, 0.15) is 0 Å². The summed E-state index contributed by atoms with van der Waals surface area (Å²) in [5.74, 6) is 0.898. The van der Waals surface area contributed by atoms with Crippen molar-refractivity contribution in [3.63, 3.8) is 0 Å². The number of hydrogen-bond donors (Lipinski definition) is 1. The van der Waals surface area contributed by atoms with Crippen LogP contribution in [-0.4, -0.2) is 44.1 Å². The maximum absolute atomic E-state index is 4.54. The highest BCUT2D eigenvalue weighted by Crippen LogP contribution is 2.35. The van der Waals surface area contributed by atoms with Gasteiger partial charge in [0.05, 0.1) is 11.9 Å². The minimum atomic E-state index is 0.0913. The largest absolute Gasteiger partial charge is 0.355 e. The molecule has 24 heavy (non-hydrogen) atoms. The van der Waals surface area contributed by atoms with Gasteiger partial charge in [-0.1, -0.05) is 0 Å². The van der Waals surface area contributed by atoms with Gasteiger partial charge in [0.25, 0.3) is 0 Å². The van der Waals surface area contributed by atoms with Crippen molar-refractivity contribution in [2.24, 2.45) is 7.05 Å². The highest BCUT2D eigenvalue weighted by Gasteiger charge is 2.39. The summed E-state index contributed by atoms with van der Waals surface area (Å²) in [7, 11) is 4.05. The predicted octanol–water partition coefficient (Wildman–Crippen LogP) is 2.62. The van der Waals surface area contributed by atoms with E-state index in [1.807, 2.05) is 30.1 Å². The van der Waals surface area contributed by atoms with E-state index in [2.05, 4.69) is 60.3 Å². The van der Waals surface area contributed by atoms with Gasteiger partial charge in [0, 0.05) is 43.0 Å². The van der Waals surface area contributed by atoms with E-state index in [4.69, 9.17) is 0 Å². The Kier molecular flexibility index (Phi) is 4.11. The van der Waals surface area contributed by atoms with E-state index < -0.39 is 0 Å². The van der Waals surface area contributed by atoms with Crippen LogP contribution in [0, 0.1) is 0 Å². The Morgan fingerprint density at radius 1 is 1.17 bits per heavy atom. The Labute approximate surface area is 144 Å². The number of rotatable bonds is 3. The van der Waals surface area contributed by atoms with Crippen molar-refractivity contribution >= 4 is 5.82 Å². The van der Waals surface area contributed by atoms with Gasteiger partial charge in [-0.15, -0.1) is 5.10 Å². The molecule has 1 aliphatic heterocycles. The molecule has 0 bridgehead atoms. The molecule has 2 aromatic rings. The Bertz CT molecular complexity index is 702. The second-order valence-electron chi connectivity index (χ2n) is 8.21. The standard InChI is InChI=1S/C18H28N6/c1-17(2)11-13(12-18(3,4)22-17)24(6)16-14(7-9-19-20-16)15-8-10-23(5)21-15/h7-10,13,22H,11-12H2,1-6H3. The lowest BCUT2D eigenvalue weighted by atomic mass is 9.79. The summed E-state index contributed by atoms with van der Waals surface area (Å²) in [5, 5.41) is 16.8. The first-order chi connectivity index (χ1) is 11.2. The van der Waals surface area contributed by atoms with Crippen molar-refractivity contribution in [1.29, 1.82) is 0 Å². The van der Waals surface area contributed by atoms with Crippen LogP contribution in [-0.2, 0) is 7.05 Å². The van der Waals surface area contributed by atoms with Gasteiger partial charge in [-0.2, -0.15) is 10.2 Å². The van der Waals surface area contributed by atoms with Crippen LogP contribution < -0.4 is 10.2 Å². The van der Waals surface area contributed by atoms with Crippen molar-refractivity contribution in [3.8, 4) is 11.3 Å². The third-order valence-corrected chi connectivity index (χ3v) is 4.74. The summed E-state index contributed by atoms with van der Waals surface area (Å²) in [6.45, 7) is 9.08. The van der Waals surface area contributed by atoms with E-state index in [-0.39, 0.29) is 11.1 Å².